The van der Waals surface area contributed by atoms with Gasteiger partial charge in [0, 0.05) is 26.3 Å². The Morgan fingerprint density at radius 1 is 1.36 bits per heavy atom. The Kier molecular flexibility index (Phi) is 4.48. The number of anilines is 1. The molecular weight excluding hydrogens is 299 g/mol. The molecule has 8 heteroatoms. The van der Waals surface area contributed by atoms with Crippen molar-refractivity contribution in [2.75, 3.05) is 25.7 Å². The van der Waals surface area contributed by atoms with E-state index in [1.54, 1.807) is 38.4 Å². The second kappa shape index (κ2) is 6.17. The summed E-state index contributed by atoms with van der Waals surface area (Å²) in [6.45, 7) is 0.229. The van der Waals surface area contributed by atoms with Crippen LogP contribution < -0.4 is 10.2 Å². The quantitative estimate of drug-likeness (QED) is 0.933. The zero-order valence-electron chi connectivity index (χ0n) is 12.1. The molecule has 1 aliphatic heterocycles. The largest absolute Gasteiger partial charge is 0.466 e. The smallest absolute Gasteiger partial charge is 0.450 e. The number of amides is 2. The van der Waals surface area contributed by atoms with Crippen LogP contribution >= 0.6 is 0 Å². The van der Waals surface area contributed by atoms with Crippen molar-refractivity contribution >= 4 is 11.7 Å². The molecule has 2 amide bonds. The van der Waals surface area contributed by atoms with Gasteiger partial charge in [-0.05, 0) is 17.7 Å². The number of hydrogen-bond donors (Lipinski definition) is 1. The molecule has 0 aromatic heterocycles. The first-order chi connectivity index (χ1) is 10.3. The van der Waals surface area contributed by atoms with Crippen LogP contribution in [-0.2, 0) is 11.3 Å². The van der Waals surface area contributed by atoms with Crippen LogP contribution in [0.15, 0.2) is 36.2 Å². The summed E-state index contributed by atoms with van der Waals surface area (Å²) in [7, 11) is 3.19. The summed E-state index contributed by atoms with van der Waals surface area (Å²) in [4.78, 5) is 14.3. The highest BCUT2D eigenvalue weighted by Crippen LogP contribution is 2.32. The third-order valence-corrected chi connectivity index (χ3v) is 3.16. The van der Waals surface area contributed by atoms with Crippen molar-refractivity contribution in [1.29, 1.82) is 0 Å². The Morgan fingerprint density at radius 3 is 2.50 bits per heavy atom. The van der Waals surface area contributed by atoms with E-state index in [2.05, 4.69) is 10.1 Å². The lowest BCUT2D eigenvalue weighted by molar-refractivity contribution is -0.126. The molecule has 120 valence electrons. The number of rotatable bonds is 3. The molecule has 0 bridgehead atoms. The molecule has 0 aliphatic carbocycles. The van der Waals surface area contributed by atoms with Gasteiger partial charge in [-0.2, -0.15) is 13.2 Å². The Morgan fingerprint density at radius 2 is 2.00 bits per heavy atom. The normalized spacial score (nSPS) is 14.4. The monoisotopic (exact) mass is 315 g/mol. The number of hydrogen-bond acceptors (Lipinski definition) is 3. The minimum atomic E-state index is -4.48. The van der Waals surface area contributed by atoms with Crippen LogP contribution in [0.1, 0.15) is 5.56 Å². The molecule has 5 nitrogen and oxygen atoms in total. The number of carbonyl (C=O) groups is 1. The molecule has 1 aromatic rings. The summed E-state index contributed by atoms with van der Waals surface area (Å²) in [5.41, 5.74) is 1.46. The van der Waals surface area contributed by atoms with Crippen LogP contribution in [0.5, 0.6) is 0 Å². The SMILES string of the molecule is CNC(=O)N(C)Cc1ccc(N2C=C(C(F)(F)F)OC2)cc1. The van der Waals surface area contributed by atoms with E-state index in [-0.39, 0.29) is 12.8 Å². The van der Waals surface area contributed by atoms with E-state index >= 15 is 0 Å². The van der Waals surface area contributed by atoms with Crippen molar-refractivity contribution in [3.63, 3.8) is 0 Å². The summed E-state index contributed by atoms with van der Waals surface area (Å²) in [6, 6.07) is 6.68. The second-order valence-corrected chi connectivity index (χ2v) is 4.81. The molecule has 22 heavy (non-hydrogen) atoms. The van der Waals surface area contributed by atoms with Gasteiger partial charge in [-0.25, -0.2) is 4.79 Å². The van der Waals surface area contributed by atoms with Gasteiger partial charge < -0.3 is 19.9 Å². The molecule has 0 atom stereocenters. The summed E-state index contributed by atoms with van der Waals surface area (Å²) < 4.78 is 42.1. The van der Waals surface area contributed by atoms with E-state index in [0.717, 1.165) is 11.8 Å². The van der Waals surface area contributed by atoms with Crippen LogP contribution in [0.3, 0.4) is 0 Å². The molecule has 0 radical (unpaired) electrons. The first kappa shape index (κ1) is 16.0. The van der Waals surface area contributed by atoms with Crippen LogP contribution in [0.4, 0.5) is 23.7 Å². The summed E-state index contributed by atoms with van der Waals surface area (Å²) in [5.74, 6) is -1.00. The third kappa shape index (κ3) is 3.63. The van der Waals surface area contributed by atoms with Gasteiger partial charge in [0.05, 0.1) is 6.20 Å². The predicted octanol–water partition coefficient (Wildman–Crippen LogP) is 2.66. The van der Waals surface area contributed by atoms with E-state index < -0.39 is 11.9 Å². The van der Waals surface area contributed by atoms with Crippen LogP contribution in [0.25, 0.3) is 0 Å². The van der Waals surface area contributed by atoms with Crippen molar-refractivity contribution in [1.82, 2.24) is 10.2 Å². The first-order valence-corrected chi connectivity index (χ1v) is 6.51. The fourth-order valence-electron chi connectivity index (χ4n) is 1.99. The Bertz CT molecular complexity index is 570. The van der Waals surface area contributed by atoms with Crippen LogP contribution in [0, 0.1) is 0 Å². The Hall–Kier alpha value is -2.38. The van der Waals surface area contributed by atoms with E-state index in [1.165, 1.54) is 9.80 Å². The van der Waals surface area contributed by atoms with Crippen LogP contribution in [-0.4, -0.2) is 37.9 Å². The molecule has 0 spiro atoms. The lowest BCUT2D eigenvalue weighted by Crippen LogP contribution is -2.34. The van der Waals surface area contributed by atoms with Gasteiger partial charge in [0.15, 0.2) is 6.73 Å². The van der Waals surface area contributed by atoms with Gasteiger partial charge in [0.1, 0.15) is 0 Å². The maximum Gasteiger partial charge on any atom is 0.450 e. The average Bonchev–Trinajstić information content (AvgIpc) is 2.97. The molecule has 1 aliphatic rings. The Labute approximate surface area is 125 Å². The maximum absolute atomic E-state index is 12.5. The van der Waals surface area contributed by atoms with Crippen LogP contribution in [0.2, 0.25) is 0 Å². The lowest BCUT2D eigenvalue weighted by atomic mass is 10.2. The average molecular weight is 315 g/mol. The standard InChI is InChI=1S/C14H16F3N3O2/c1-18-13(21)19(2)7-10-3-5-11(6-4-10)20-8-12(22-9-20)14(15,16)17/h3-6,8H,7,9H2,1-2H3,(H,18,21). The number of nitrogens with one attached hydrogen (secondary N) is 1. The molecule has 0 saturated heterocycles. The van der Waals surface area contributed by atoms with Gasteiger partial charge >= 0.3 is 12.2 Å². The zero-order chi connectivity index (χ0) is 16.3. The summed E-state index contributed by atoms with van der Waals surface area (Å²) >= 11 is 0. The number of benzene rings is 1. The number of nitrogens with zero attached hydrogens (tertiary/aromatic N) is 2. The van der Waals surface area contributed by atoms with Crippen molar-refractivity contribution in [2.24, 2.45) is 0 Å². The highest BCUT2D eigenvalue weighted by Gasteiger charge is 2.39. The minimum Gasteiger partial charge on any atom is -0.466 e. The number of carbonyl (C=O) groups excluding carboxylic acids is 1. The van der Waals surface area contributed by atoms with E-state index in [4.69, 9.17) is 0 Å². The summed E-state index contributed by atoms with van der Waals surface area (Å²) in [5, 5.41) is 2.51. The van der Waals surface area contributed by atoms with Crippen molar-refractivity contribution in [3.8, 4) is 0 Å². The number of alkyl halides is 3. The first-order valence-electron chi connectivity index (χ1n) is 6.51. The fourth-order valence-corrected chi connectivity index (χ4v) is 1.99. The molecule has 0 saturated carbocycles. The van der Waals surface area contributed by atoms with Gasteiger partial charge in [-0.1, -0.05) is 12.1 Å². The van der Waals surface area contributed by atoms with E-state index in [9.17, 15) is 18.0 Å². The molecule has 1 aromatic carbocycles. The third-order valence-electron chi connectivity index (χ3n) is 3.16. The maximum atomic E-state index is 12.5. The van der Waals surface area contributed by atoms with Gasteiger partial charge in [-0.15, -0.1) is 0 Å². The number of halogens is 3. The number of allylic oxidation sites excluding steroid dienone is 1. The molecule has 0 fully saturated rings. The van der Waals surface area contributed by atoms with Gasteiger partial charge in [0.25, 0.3) is 0 Å². The highest BCUT2D eigenvalue weighted by atomic mass is 19.4. The summed E-state index contributed by atoms with van der Waals surface area (Å²) in [6.07, 6.45) is -3.55. The van der Waals surface area contributed by atoms with Gasteiger partial charge in [-0.3, -0.25) is 0 Å². The Balaban J connectivity index is 2.04. The molecule has 2 rings (SSSR count). The lowest BCUT2D eigenvalue weighted by Gasteiger charge is -2.18. The topological polar surface area (TPSA) is 44.8 Å². The molecular formula is C14H16F3N3O2. The number of urea groups is 1. The van der Waals surface area contributed by atoms with Crippen molar-refractivity contribution in [2.45, 2.75) is 12.7 Å². The van der Waals surface area contributed by atoms with E-state index in [0.29, 0.717) is 12.2 Å². The molecule has 1 N–H and O–H groups in total. The fraction of sp³-hybridized carbons (Fsp3) is 0.357. The predicted molar refractivity (Wildman–Crippen MR) is 74.9 cm³/mol. The van der Waals surface area contributed by atoms with Crippen molar-refractivity contribution < 1.29 is 22.7 Å². The van der Waals surface area contributed by atoms with Crippen molar-refractivity contribution in [3.05, 3.63) is 41.8 Å². The van der Waals surface area contributed by atoms with Gasteiger partial charge in [0.2, 0.25) is 5.76 Å². The molecule has 0 unspecified atom stereocenters. The van der Waals surface area contributed by atoms with E-state index in [1.807, 2.05) is 0 Å². The second-order valence-electron chi connectivity index (χ2n) is 4.81. The molecule has 1 heterocycles. The highest BCUT2D eigenvalue weighted by molar-refractivity contribution is 5.73. The number of ether oxygens (including phenoxy) is 1. The minimum absolute atomic E-state index is 0.174. The zero-order valence-corrected chi connectivity index (χ0v) is 12.1.